The molecule has 5 atom stereocenters. The fourth-order valence-corrected chi connectivity index (χ4v) is 2.96. The minimum absolute atomic E-state index is 0.481. The fraction of sp³-hybridized carbons (Fsp3) is 0.400. The first-order chi connectivity index (χ1) is 11.0. The van der Waals surface area contributed by atoms with Gasteiger partial charge >= 0.3 is 0 Å². The lowest BCUT2D eigenvalue weighted by Crippen LogP contribution is -2.58. The second kappa shape index (κ2) is 6.57. The molecule has 0 bridgehead atoms. The molecule has 0 radical (unpaired) electrons. The fourth-order valence-electron chi connectivity index (χ4n) is 2.49. The van der Waals surface area contributed by atoms with Crippen LogP contribution in [-0.4, -0.2) is 67.8 Å². The molecule has 0 aliphatic carbocycles. The van der Waals surface area contributed by atoms with Crippen molar-refractivity contribution in [1.82, 2.24) is 10.2 Å². The number of aliphatic hydroxyl groups is 4. The highest BCUT2D eigenvalue weighted by atomic mass is 79.9. The predicted octanol–water partition coefficient (Wildman–Crippen LogP) is -0.481. The van der Waals surface area contributed by atoms with Gasteiger partial charge in [0, 0.05) is 9.86 Å². The van der Waals surface area contributed by atoms with Gasteiger partial charge < -0.3 is 25.2 Å². The molecule has 0 spiro atoms. The van der Waals surface area contributed by atoms with Crippen molar-refractivity contribution in [3.8, 4) is 11.8 Å². The SMILES string of the molecule is OCC1O[C@H](C#Cc2cc(Br)cc3cn[nH]c23)C(O)C(O)[C@@H]1O. The number of rotatable bonds is 1. The van der Waals surface area contributed by atoms with Crippen LogP contribution in [0.3, 0.4) is 0 Å². The Morgan fingerprint density at radius 1 is 1.22 bits per heavy atom. The van der Waals surface area contributed by atoms with E-state index >= 15 is 0 Å². The Morgan fingerprint density at radius 3 is 2.74 bits per heavy atom. The maximum atomic E-state index is 9.98. The highest BCUT2D eigenvalue weighted by Crippen LogP contribution is 2.23. The van der Waals surface area contributed by atoms with Crippen LogP contribution in [0.15, 0.2) is 22.8 Å². The molecule has 1 aromatic heterocycles. The summed E-state index contributed by atoms with van der Waals surface area (Å²) in [5.74, 6) is 5.62. The average molecular weight is 383 g/mol. The number of halogens is 1. The molecule has 0 saturated carbocycles. The van der Waals surface area contributed by atoms with Crippen molar-refractivity contribution in [2.75, 3.05) is 6.61 Å². The van der Waals surface area contributed by atoms with Crippen LogP contribution >= 0.6 is 15.9 Å². The molecule has 1 fully saturated rings. The highest BCUT2D eigenvalue weighted by Gasteiger charge is 2.42. The highest BCUT2D eigenvalue weighted by molar-refractivity contribution is 9.10. The molecule has 3 unspecified atom stereocenters. The topological polar surface area (TPSA) is 119 Å². The Bertz CT molecular complexity index is 766. The van der Waals surface area contributed by atoms with E-state index in [2.05, 4.69) is 38.0 Å². The van der Waals surface area contributed by atoms with E-state index in [1.165, 1.54) is 0 Å². The first-order valence-electron chi connectivity index (χ1n) is 6.96. The number of fused-ring (bicyclic) bond motifs is 1. The van der Waals surface area contributed by atoms with Gasteiger partial charge in [0.1, 0.15) is 30.5 Å². The van der Waals surface area contributed by atoms with Gasteiger partial charge in [0.2, 0.25) is 0 Å². The van der Waals surface area contributed by atoms with E-state index in [4.69, 9.17) is 4.74 Å². The van der Waals surface area contributed by atoms with Crippen LogP contribution in [0.4, 0.5) is 0 Å². The maximum absolute atomic E-state index is 9.98. The van der Waals surface area contributed by atoms with E-state index in [1.807, 2.05) is 6.07 Å². The number of H-pyrrole nitrogens is 1. The number of aromatic nitrogens is 2. The normalized spacial score (nSPS) is 30.9. The van der Waals surface area contributed by atoms with Gasteiger partial charge in [-0.1, -0.05) is 27.8 Å². The molecular formula is C15H15BrN2O5. The van der Waals surface area contributed by atoms with Crippen molar-refractivity contribution in [3.05, 3.63) is 28.4 Å². The first-order valence-corrected chi connectivity index (χ1v) is 7.75. The molecule has 8 heteroatoms. The van der Waals surface area contributed by atoms with Gasteiger partial charge in [-0.2, -0.15) is 5.10 Å². The van der Waals surface area contributed by atoms with E-state index in [1.54, 1.807) is 12.3 Å². The summed E-state index contributed by atoms with van der Waals surface area (Å²) in [6.45, 7) is -0.481. The Labute approximate surface area is 140 Å². The van der Waals surface area contributed by atoms with Gasteiger partial charge in [0.05, 0.1) is 23.9 Å². The van der Waals surface area contributed by atoms with Crippen molar-refractivity contribution >= 4 is 26.8 Å². The number of nitrogens with zero attached hydrogens (tertiary/aromatic N) is 1. The molecule has 2 aromatic rings. The minimum Gasteiger partial charge on any atom is -0.394 e. The standard InChI is InChI=1S/C15H15BrN2O5/c16-9-3-7(12-8(4-9)5-17-18-12)1-2-10-13(20)15(22)14(21)11(6-19)23-10/h3-5,10-11,13-15,19-22H,6H2,(H,17,18)/t10-,11?,13?,14-,15?/m1/s1. The lowest BCUT2D eigenvalue weighted by atomic mass is 9.95. The van der Waals surface area contributed by atoms with Gasteiger partial charge in [-0.05, 0) is 12.1 Å². The molecule has 2 heterocycles. The molecule has 5 N–H and O–H groups in total. The molecule has 1 saturated heterocycles. The van der Waals surface area contributed by atoms with Crippen LogP contribution in [0.5, 0.6) is 0 Å². The Kier molecular flexibility index (Phi) is 4.68. The Balaban J connectivity index is 1.92. The smallest absolute Gasteiger partial charge is 0.147 e. The summed E-state index contributed by atoms with van der Waals surface area (Å²) in [4.78, 5) is 0. The van der Waals surface area contributed by atoms with Crippen LogP contribution in [-0.2, 0) is 4.74 Å². The third-order valence-corrected chi connectivity index (χ3v) is 4.21. The molecular weight excluding hydrogens is 368 g/mol. The van der Waals surface area contributed by atoms with Crippen LogP contribution in [0.25, 0.3) is 10.9 Å². The third-order valence-electron chi connectivity index (χ3n) is 3.75. The third kappa shape index (κ3) is 3.12. The van der Waals surface area contributed by atoms with Gasteiger partial charge in [-0.3, -0.25) is 5.10 Å². The number of aliphatic hydroxyl groups excluding tert-OH is 4. The zero-order chi connectivity index (χ0) is 16.6. The first kappa shape index (κ1) is 16.4. The quantitative estimate of drug-likeness (QED) is 0.425. The number of hydrogen-bond acceptors (Lipinski definition) is 6. The zero-order valence-electron chi connectivity index (χ0n) is 11.8. The van der Waals surface area contributed by atoms with E-state index in [0.717, 1.165) is 15.4 Å². The van der Waals surface area contributed by atoms with Crippen LogP contribution in [0.2, 0.25) is 0 Å². The number of ether oxygens (including phenoxy) is 1. The van der Waals surface area contributed by atoms with Crippen molar-refractivity contribution in [2.24, 2.45) is 0 Å². The van der Waals surface area contributed by atoms with Crippen molar-refractivity contribution < 1.29 is 25.2 Å². The van der Waals surface area contributed by atoms with Crippen molar-refractivity contribution in [2.45, 2.75) is 30.5 Å². The van der Waals surface area contributed by atoms with Crippen LogP contribution in [0, 0.1) is 11.8 Å². The molecule has 7 nitrogen and oxygen atoms in total. The van der Waals surface area contributed by atoms with E-state index in [0.29, 0.717) is 5.56 Å². The van der Waals surface area contributed by atoms with Gasteiger partial charge in [-0.25, -0.2) is 0 Å². The monoisotopic (exact) mass is 382 g/mol. The van der Waals surface area contributed by atoms with Gasteiger partial charge in [0.15, 0.2) is 0 Å². The molecule has 1 aliphatic heterocycles. The predicted molar refractivity (Wildman–Crippen MR) is 84.4 cm³/mol. The minimum atomic E-state index is -1.44. The van der Waals surface area contributed by atoms with Gasteiger partial charge in [0.25, 0.3) is 0 Å². The van der Waals surface area contributed by atoms with Crippen molar-refractivity contribution in [3.63, 3.8) is 0 Å². The van der Waals surface area contributed by atoms with Crippen LogP contribution in [0.1, 0.15) is 5.56 Å². The second-order valence-corrected chi connectivity index (χ2v) is 6.22. The number of benzene rings is 1. The summed E-state index contributed by atoms with van der Waals surface area (Å²) < 4.78 is 6.18. The number of nitrogens with one attached hydrogen (secondary N) is 1. The summed E-state index contributed by atoms with van der Waals surface area (Å²) in [6.07, 6.45) is -4.53. The number of hydrogen-bond donors (Lipinski definition) is 5. The zero-order valence-corrected chi connectivity index (χ0v) is 13.4. The molecule has 23 heavy (non-hydrogen) atoms. The summed E-state index contributed by atoms with van der Waals surface area (Å²) in [7, 11) is 0. The van der Waals surface area contributed by atoms with E-state index in [-0.39, 0.29) is 0 Å². The van der Waals surface area contributed by atoms with E-state index in [9.17, 15) is 20.4 Å². The second-order valence-electron chi connectivity index (χ2n) is 5.31. The lowest BCUT2D eigenvalue weighted by Gasteiger charge is -2.37. The summed E-state index contributed by atoms with van der Waals surface area (Å²) in [6, 6.07) is 3.68. The van der Waals surface area contributed by atoms with E-state index < -0.39 is 37.1 Å². The molecule has 1 aromatic carbocycles. The molecule has 1 aliphatic rings. The van der Waals surface area contributed by atoms with Crippen LogP contribution < -0.4 is 0 Å². The van der Waals surface area contributed by atoms with Crippen molar-refractivity contribution in [1.29, 1.82) is 0 Å². The Hall–Kier alpha value is -1.47. The molecule has 122 valence electrons. The molecule has 3 rings (SSSR count). The Morgan fingerprint density at radius 2 is 2.00 bits per heavy atom. The maximum Gasteiger partial charge on any atom is 0.147 e. The summed E-state index contributed by atoms with van der Waals surface area (Å²) in [5, 5.41) is 46.3. The number of aromatic amines is 1. The largest absolute Gasteiger partial charge is 0.394 e. The van der Waals surface area contributed by atoms with Gasteiger partial charge in [-0.15, -0.1) is 0 Å². The molecule has 0 amide bonds. The summed E-state index contributed by atoms with van der Waals surface area (Å²) >= 11 is 3.39. The lowest BCUT2D eigenvalue weighted by molar-refractivity contribution is -0.214. The summed E-state index contributed by atoms with van der Waals surface area (Å²) in [5.41, 5.74) is 1.38. The average Bonchev–Trinajstić information content (AvgIpc) is 3.00.